The first-order valence-electron chi connectivity index (χ1n) is 7.14. The van der Waals surface area contributed by atoms with Gasteiger partial charge in [-0.15, -0.1) is 0 Å². The van der Waals surface area contributed by atoms with Crippen molar-refractivity contribution in [2.45, 2.75) is 44.3 Å². The molecule has 3 rings (SSSR count). The zero-order chi connectivity index (χ0) is 13.1. The van der Waals surface area contributed by atoms with Gasteiger partial charge in [0.15, 0.2) is 0 Å². The molecule has 3 heterocycles. The summed E-state index contributed by atoms with van der Waals surface area (Å²) in [5.41, 5.74) is -0.413. The molecule has 2 aliphatic heterocycles. The molecule has 6 nitrogen and oxygen atoms in total. The quantitative estimate of drug-likeness (QED) is 0.892. The summed E-state index contributed by atoms with van der Waals surface area (Å²) >= 11 is 0. The third kappa shape index (κ3) is 2.52. The number of nitrogens with one attached hydrogen (secondary N) is 1. The Labute approximate surface area is 112 Å². The summed E-state index contributed by atoms with van der Waals surface area (Å²) < 4.78 is 17.0. The molecule has 2 saturated heterocycles. The van der Waals surface area contributed by atoms with E-state index in [4.69, 9.17) is 14.0 Å². The minimum absolute atomic E-state index is 0.00195. The van der Waals surface area contributed by atoms with E-state index in [-0.39, 0.29) is 6.10 Å². The van der Waals surface area contributed by atoms with E-state index in [2.05, 4.69) is 15.5 Å². The van der Waals surface area contributed by atoms with Crippen LogP contribution in [0.3, 0.4) is 0 Å². The van der Waals surface area contributed by atoms with Crippen molar-refractivity contribution in [1.29, 1.82) is 0 Å². The summed E-state index contributed by atoms with van der Waals surface area (Å²) in [5, 5.41) is 7.42. The third-order valence-electron chi connectivity index (χ3n) is 3.88. The first kappa shape index (κ1) is 13.0. The smallest absolute Gasteiger partial charge is 0.259 e. The van der Waals surface area contributed by atoms with Gasteiger partial charge >= 0.3 is 0 Å². The van der Waals surface area contributed by atoms with Gasteiger partial charge in [-0.2, -0.15) is 4.98 Å². The molecule has 1 N–H and O–H groups in total. The van der Waals surface area contributed by atoms with Gasteiger partial charge in [0.25, 0.3) is 5.89 Å². The van der Waals surface area contributed by atoms with Crippen LogP contribution in [-0.4, -0.2) is 36.4 Å². The van der Waals surface area contributed by atoms with Gasteiger partial charge in [0.1, 0.15) is 11.7 Å². The van der Waals surface area contributed by atoms with Gasteiger partial charge in [0.05, 0.1) is 0 Å². The van der Waals surface area contributed by atoms with Gasteiger partial charge in [0.2, 0.25) is 5.82 Å². The molecule has 0 aliphatic carbocycles. The third-order valence-corrected chi connectivity index (χ3v) is 3.88. The molecule has 106 valence electrons. The van der Waals surface area contributed by atoms with Gasteiger partial charge < -0.3 is 19.3 Å². The number of rotatable bonds is 4. The molecule has 6 heteroatoms. The number of ether oxygens (including phenoxy) is 2. The van der Waals surface area contributed by atoms with Crippen LogP contribution >= 0.6 is 0 Å². The van der Waals surface area contributed by atoms with Crippen molar-refractivity contribution < 1.29 is 14.0 Å². The van der Waals surface area contributed by atoms with E-state index < -0.39 is 5.60 Å². The Balaban J connectivity index is 1.81. The summed E-state index contributed by atoms with van der Waals surface area (Å²) in [7, 11) is 0. The molecule has 19 heavy (non-hydrogen) atoms. The summed E-state index contributed by atoms with van der Waals surface area (Å²) in [4.78, 5) is 4.55. The molecule has 1 aromatic rings. The van der Waals surface area contributed by atoms with E-state index in [9.17, 15) is 0 Å². The van der Waals surface area contributed by atoms with Crippen LogP contribution in [-0.2, 0) is 15.1 Å². The maximum Gasteiger partial charge on any atom is 0.259 e. The first-order chi connectivity index (χ1) is 9.34. The monoisotopic (exact) mass is 267 g/mol. The Morgan fingerprint density at radius 2 is 2.26 bits per heavy atom. The van der Waals surface area contributed by atoms with Crippen molar-refractivity contribution in [3.63, 3.8) is 0 Å². The molecule has 0 spiro atoms. The highest BCUT2D eigenvalue weighted by Crippen LogP contribution is 2.35. The van der Waals surface area contributed by atoms with Crippen molar-refractivity contribution in [1.82, 2.24) is 15.5 Å². The lowest BCUT2D eigenvalue weighted by molar-refractivity contribution is -0.0860. The minimum atomic E-state index is -0.413. The molecule has 2 aliphatic rings. The summed E-state index contributed by atoms with van der Waals surface area (Å²) in [6.45, 7) is 5.27. The molecular formula is C13H21N3O3. The highest BCUT2D eigenvalue weighted by molar-refractivity contribution is 5.04. The Hall–Kier alpha value is -0.980. The van der Waals surface area contributed by atoms with Crippen LogP contribution in [0.15, 0.2) is 4.52 Å². The van der Waals surface area contributed by atoms with Crippen LogP contribution in [0.1, 0.15) is 50.4 Å². The van der Waals surface area contributed by atoms with E-state index in [1.807, 2.05) is 6.92 Å². The lowest BCUT2D eigenvalue weighted by Gasteiger charge is -2.33. The lowest BCUT2D eigenvalue weighted by Crippen LogP contribution is -2.42. The van der Waals surface area contributed by atoms with Gasteiger partial charge in [-0.1, -0.05) is 5.16 Å². The molecule has 2 fully saturated rings. The molecular weight excluding hydrogens is 246 g/mol. The highest BCUT2D eigenvalue weighted by atomic mass is 16.5. The maximum atomic E-state index is 5.96. The highest BCUT2D eigenvalue weighted by Gasteiger charge is 2.40. The zero-order valence-electron chi connectivity index (χ0n) is 11.4. The van der Waals surface area contributed by atoms with Gasteiger partial charge in [-0.05, 0) is 45.7 Å². The molecule has 0 amide bonds. The van der Waals surface area contributed by atoms with Crippen LogP contribution in [0.25, 0.3) is 0 Å². The van der Waals surface area contributed by atoms with Gasteiger partial charge in [-0.25, -0.2) is 0 Å². The van der Waals surface area contributed by atoms with Crippen LogP contribution in [0.5, 0.6) is 0 Å². The number of aromatic nitrogens is 2. The van der Waals surface area contributed by atoms with E-state index in [0.29, 0.717) is 18.3 Å². The predicted octanol–water partition coefficient (Wildman–Crippen LogP) is 1.54. The normalized spacial score (nSPS) is 26.7. The Morgan fingerprint density at radius 1 is 1.42 bits per heavy atom. The van der Waals surface area contributed by atoms with Crippen molar-refractivity contribution in [3.05, 3.63) is 11.7 Å². The van der Waals surface area contributed by atoms with Crippen molar-refractivity contribution in [2.75, 3.05) is 26.3 Å². The second kappa shape index (κ2) is 5.56. The fourth-order valence-electron chi connectivity index (χ4n) is 2.86. The minimum Gasteiger partial charge on any atom is -0.370 e. The van der Waals surface area contributed by atoms with Crippen LogP contribution in [0.4, 0.5) is 0 Å². The first-order valence-corrected chi connectivity index (χ1v) is 7.14. The predicted molar refractivity (Wildman–Crippen MR) is 67.6 cm³/mol. The van der Waals surface area contributed by atoms with E-state index in [0.717, 1.165) is 45.4 Å². The molecule has 1 aromatic heterocycles. The molecule has 1 unspecified atom stereocenters. The summed E-state index contributed by atoms with van der Waals surface area (Å²) in [6, 6.07) is 0. The summed E-state index contributed by atoms with van der Waals surface area (Å²) in [5.74, 6) is 1.28. The fourth-order valence-corrected chi connectivity index (χ4v) is 2.86. The molecule has 0 aromatic carbocycles. The maximum absolute atomic E-state index is 5.96. The van der Waals surface area contributed by atoms with Crippen LogP contribution in [0, 0.1) is 0 Å². The lowest BCUT2D eigenvalue weighted by atomic mass is 9.92. The second-order valence-electron chi connectivity index (χ2n) is 5.14. The van der Waals surface area contributed by atoms with E-state index >= 15 is 0 Å². The molecule has 0 saturated carbocycles. The zero-order valence-corrected chi connectivity index (χ0v) is 11.4. The number of hydrogen-bond acceptors (Lipinski definition) is 6. The van der Waals surface area contributed by atoms with E-state index in [1.54, 1.807) is 0 Å². The summed E-state index contributed by atoms with van der Waals surface area (Å²) in [6.07, 6.45) is 3.78. The second-order valence-corrected chi connectivity index (χ2v) is 5.14. The van der Waals surface area contributed by atoms with Gasteiger partial charge in [-0.3, -0.25) is 0 Å². The van der Waals surface area contributed by atoms with Crippen molar-refractivity contribution >= 4 is 0 Å². The van der Waals surface area contributed by atoms with Crippen LogP contribution < -0.4 is 5.32 Å². The molecule has 0 bridgehead atoms. The molecule has 0 radical (unpaired) electrons. The number of nitrogens with zero attached hydrogens (tertiary/aromatic N) is 2. The average Bonchev–Trinajstić information content (AvgIpc) is 3.11. The Kier molecular flexibility index (Phi) is 3.81. The SMILES string of the molecule is CCOC1(c2nc(C3CCCO3)no2)CCNCC1. The average molecular weight is 267 g/mol. The van der Waals surface area contributed by atoms with Gasteiger partial charge in [0, 0.05) is 13.2 Å². The Morgan fingerprint density at radius 3 is 2.95 bits per heavy atom. The fraction of sp³-hybridized carbons (Fsp3) is 0.846. The Bertz CT molecular complexity index is 404. The molecule has 1 atom stereocenters. The van der Waals surface area contributed by atoms with Crippen molar-refractivity contribution in [3.8, 4) is 0 Å². The topological polar surface area (TPSA) is 69.4 Å². The van der Waals surface area contributed by atoms with Crippen molar-refractivity contribution in [2.24, 2.45) is 0 Å². The number of piperidine rings is 1. The van der Waals surface area contributed by atoms with E-state index in [1.165, 1.54) is 0 Å². The van der Waals surface area contributed by atoms with Crippen LogP contribution in [0.2, 0.25) is 0 Å². The largest absolute Gasteiger partial charge is 0.370 e. The standard InChI is InChI=1S/C13H21N3O3/c1-2-18-13(5-7-14-8-6-13)12-15-11(16-19-12)10-4-3-9-17-10/h10,14H,2-9H2,1H3. The number of hydrogen-bond donors (Lipinski definition) is 1.